The molecule has 0 aliphatic carbocycles. The predicted octanol–water partition coefficient (Wildman–Crippen LogP) is 0.784. The average Bonchev–Trinajstić information content (AvgIpc) is 1.59. The van der Waals surface area contributed by atoms with Crippen molar-refractivity contribution < 1.29 is 18.6 Å². The number of alkyl halides is 3. The van der Waals surface area contributed by atoms with E-state index in [-0.39, 0.29) is 12.5 Å². The molecule has 50 valence electrons. The van der Waals surface area contributed by atoms with Crippen LogP contribution < -0.4 is 0 Å². The molecule has 0 aliphatic rings. The fourth-order valence-electron chi connectivity index (χ4n) is 0.161. The van der Waals surface area contributed by atoms with Crippen LogP contribution in [0.15, 0.2) is 0 Å². The van der Waals surface area contributed by atoms with Gasteiger partial charge in [0.2, 0.25) is 0 Å². The van der Waals surface area contributed by atoms with E-state index in [4.69, 9.17) is 16.7 Å². The molecule has 0 amide bonds. The third-order valence-corrected chi connectivity index (χ3v) is 0.507. The van der Waals surface area contributed by atoms with Crippen LogP contribution in [0.5, 0.6) is 0 Å². The lowest BCUT2D eigenvalue weighted by atomic mass is 10.9. The molecule has 0 unspecified atom stereocenters. The molecule has 0 radical (unpaired) electrons. The highest BCUT2D eigenvalue weighted by Crippen LogP contribution is 2.08. The molecule has 1 N–H and O–H groups in total. The number of ether oxygens (including phenoxy) is 1. The van der Waals surface area contributed by atoms with Gasteiger partial charge in [-0.05, 0) is 0 Å². The van der Waals surface area contributed by atoms with Crippen LogP contribution in [0.3, 0.4) is 0 Å². The molecule has 5 heteroatoms. The number of hydrogen-bond donors (Lipinski definition) is 1. The molecule has 0 aliphatic heterocycles. The zero-order valence-corrected chi connectivity index (χ0v) is 4.66. The first kappa shape index (κ1) is 8.07. The van der Waals surface area contributed by atoms with Crippen LogP contribution in [0.2, 0.25) is 0 Å². The van der Waals surface area contributed by atoms with Gasteiger partial charge in [-0.15, -0.1) is 20.4 Å². The minimum absolute atomic E-state index is 0.0594. The van der Waals surface area contributed by atoms with Crippen molar-refractivity contribution >= 4 is 11.6 Å². The molecular weight excluding hydrogens is 141 g/mol. The molecule has 0 fully saturated rings. The molecule has 0 bridgehead atoms. The maximum Gasteiger partial charge on any atom is 0.482 e. The van der Waals surface area contributed by atoms with Gasteiger partial charge in [0.15, 0.2) is 0 Å². The molecule has 0 heterocycles. The molecule has 0 rings (SSSR count). The second kappa shape index (κ2) is 3.17. The molecule has 0 saturated carbocycles. The number of hydrogen-bond acceptors (Lipinski definition) is 2. The Bertz CT molecular complexity index is 62.8. The Morgan fingerprint density at radius 2 is 2.12 bits per heavy atom. The third kappa shape index (κ3) is 6.07. The van der Waals surface area contributed by atoms with E-state index in [0.717, 1.165) is 0 Å². The average molecular weight is 147 g/mol. The van der Waals surface area contributed by atoms with Crippen molar-refractivity contribution in [1.29, 1.82) is 0 Å². The lowest BCUT2D eigenvalue weighted by Gasteiger charge is -2.05. The largest absolute Gasteiger partial charge is 0.482 e. The maximum absolute atomic E-state index is 11.2. The Balaban J connectivity index is 3.11. The van der Waals surface area contributed by atoms with Crippen LogP contribution in [-0.4, -0.2) is 23.9 Å². The first-order valence-corrected chi connectivity index (χ1v) is 2.40. The van der Waals surface area contributed by atoms with Crippen LogP contribution >= 0.6 is 11.6 Å². The van der Waals surface area contributed by atoms with Gasteiger partial charge in [0, 0.05) is 5.88 Å². The highest BCUT2D eigenvalue weighted by molar-refractivity contribution is 6.17. The fraction of sp³-hybridized carbons (Fsp3) is 1.00. The van der Waals surface area contributed by atoms with Crippen molar-refractivity contribution in [3.05, 3.63) is 0 Å². The van der Waals surface area contributed by atoms with Gasteiger partial charge in [-0.1, -0.05) is 0 Å². The zero-order valence-electron chi connectivity index (χ0n) is 3.90. The second-order valence-corrected chi connectivity index (χ2v) is 1.40. The van der Waals surface area contributed by atoms with E-state index >= 15 is 0 Å². The maximum atomic E-state index is 11.2. The lowest BCUT2D eigenvalue weighted by Crippen LogP contribution is -2.20. The number of aliphatic hydroxyl groups is 1. The summed E-state index contributed by atoms with van der Waals surface area (Å²) in [5, 5.41) is 7.53. The first-order valence-electron chi connectivity index (χ1n) is 1.86. The zero-order chi connectivity index (χ0) is 6.62. The van der Waals surface area contributed by atoms with E-state index in [2.05, 4.69) is 4.74 Å². The molecule has 0 aromatic heterocycles. The van der Waals surface area contributed by atoms with E-state index in [1.165, 1.54) is 0 Å². The van der Waals surface area contributed by atoms with Gasteiger partial charge in [0.1, 0.15) is 0 Å². The van der Waals surface area contributed by atoms with E-state index in [1.807, 2.05) is 0 Å². The molecule has 2 nitrogen and oxygen atoms in total. The van der Waals surface area contributed by atoms with Crippen LogP contribution in [0.1, 0.15) is 0 Å². The van der Waals surface area contributed by atoms with Gasteiger partial charge in [0.05, 0.1) is 6.61 Å². The minimum atomic E-state index is -4.03. The van der Waals surface area contributed by atoms with Gasteiger partial charge in [0.25, 0.3) is 0 Å². The quantitative estimate of drug-likeness (QED) is 0.471. The molecule has 0 saturated heterocycles. The minimum Gasteiger partial charge on any atom is -0.311 e. The van der Waals surface area contributed by atoms with E-state index in [0.29, 0.717) is 0 Å². The normalized spacial score (nSPS) is 12.0. The smallest absolute Gasteiger partial charge is 0.311 e. The van der Waals surface area contributed by atoms with Crippen LogP contribution in [0, 0.1) is 0 Å². The fourth-order valence-corrected chi connectivity index (χ4v) is 0.239. The Hall–Kier alpha value is 0.0700. The van der Waals surface area contributed by atoms with Gasteiger partial charge < -0.3 is 5.11 Å². The highest BCUT2D eigenvalue weighted by atomic mass is 35.5. The number of rotatable bonds is 3. The van der Waals surface area contributed by atoms with Crippen LogP contribution in [0.4, 0.5) is 8.78 Å². The second-order valence-electron chi connectivity index (χ2n) is 1.02. The van der Waals surface area contributed by atoms with Crippen molar-refractivity contribution in [2.75, 3.05) is 12.5 Å². The molecule has 0 aromatic carbocycles. The molecular formula is C3H5ClF2O2. The van der Waals surface area contributed by atoms with Crippen LogP contribution in [0.25, 0.3) is 0 Å². The van der Waals surface area contributed by atoms with Gasteiger partial charge in [-0.2, -0.15) is 0 Å². The molecule has 0 spiro atoms. The van der Waals surface area contributed by atoms with Crippen molar-refractivity contribution in [3.63, 3.8) is 0 Å². The van der Waals surface area contributed by atoms with Gasteiger partial charge >= 0.3 is 6.29 Å². The summed E-state index contributed by atoms with van der Waals surface area (Å²) < 4.78 is 25.8. The molecule has 0 atom stereocenters. The van der Waals surface area contributed by atoms with E-state index < -0.39 is 6.29 Å². The van der Waals surface area contributed by atoms with Crippen LogP contribution in [-0.2, 0) is 4.74 Å². The highest BCUT2D eigenvalue weighted by Gasteiger charge is 2.24. The summed E-state index contributed by atoms with van der Waals surface area (Å²) >= 11 is 4.94. The number of halogens is 3. The van der Waals surface area contributed by atoms with E-state index in [9.17, 15) is 8.78 Å². The topological polar surface area (TPSA) is 29.5 Å². The SMILES string of the molecule is OC(F)(F)OCCCl. The monoisotopic (exact) mass is 146 g/mol. The summed E-state index contributed by atoms with van der Waals surface area (Å²) in [5.41, 5.74) is 0. The van der Waals surface area contributed by atoms with Crippen molar-refractivity contribution in [2.24, 2.45) is 0 Å². The summed E-state index contributed by atoms with van der Waals surface area (Å²) in [5.74, 6) is -0.0594. The summed E-state index contributed by atoms with van der Waals surface area (Å²) in [6, 6.07) is 0. The summed E-state index contributed by atoms with van der Waals surface area (Å²) in [6.45, 7) is -0.356. The first-order chi connectivity index (χ1) is 3.56. The van der Waals surface area contributed by atoms with Crippen molar-refractivity contribution in [1.82, 2.24) is 0 Å². The Morgan fingerprint density at radius 3 is 2.25 bits per heavy atom. The summed E-state index contributed by atoms with van der Waals surface area (Å²) in [7, 11) is 0. The summed E-state index contributed by atoms with van der Waals surface area (Å²) in [4.78, 5) is 0. The Morgan fingerprint density at radius 1 is 1.62 bits per heavy atom. The van der Waals surface area contributed by atoms with Crippen molar-refractivity contribution in [3.8, 4) is 0 Å². The summed E-state index contributed by atoms with van der Waals surface area (Å²) in [6.07, 6.45) is -4.03. The molecule has 0 aromatic rings. The Labute approximate surface area is 50.0 Å². The molecule has 8 heavy (non-hydrogen) atoms. The predicted molar refractivity (Wildman–Crippen MR) is 23.8 cm³/mol. The van der Waals surface area contributed by atoms with E-state index in [1.54, 1.807) is 0 Å². The Kier molecular flexibility index (Phi) is 3.19. The standard InChI is InChI=1S/C3H5ClF2O2/c4-1-2-8-3(5,6)7/h7H,1-2H2. The van der Waals surface area contributed by atoms with Crippen molar-refractivity contribution in [2.45, 2.75) is 6.29 Å². The van der Waals surface area contributed by atoms with Gasteiger partial charge in [-0.3, -0.25) is 4.74 Å². The van der Waals surface area contributed by atoms with Gasteiger partial charge in [-0.25, -0.2) is 0 Å². The third-order valence-electron chi connectivity index (χ3n) is 0.353. The lowest BCUT2D eigenvalue weighted by molar-refractivity contribution is -0.369.